The zero-order valence-electron chi connectivity index (χ0n) is 14.8. The van der Waals surface area contributed by atoms with Crippen molar-refractivity contribution in [1.82, 2.24) is 9.88 Å². The van der Waals surface area contributed by atoms with E-state index in [9.17, 15) is 9.90 Å². The Morgan fingerprint density at radius 2 is 2.20 bits per heavy atom. The van der Waals surface area contributed by atoms with E-state index in [1.165, 1.54) is 0 Å². The zero-order chi connectivity index (χ0) is 17.8. The maximum absolute atomic E-state index is 13.0. The molecule has 2 atom stereocenters. The number of hydrogen-bond donors (Lipinski definition) is 2. The molecule has 0 radical (unpaired) electrons. The molecule has 2 unspecified atom stereocenters. The number of aromatic amines is 1. The first-order chi connectivity index (χ1) is 11.9. The van der Waals surface area contributed by atoms with Gasteiger partial charge in [0.15, 0.2) is 0 Å². The first kappa shape index (κ1) is 16.9. The van der Waals surface area contributed by atoms with Crippen LogP contribution in [0.1, 0.15) is 57.4 Å². The van der Waals surface area contributed by atoms with Crippen LogP contribution in [-0.4, -0.2) is 38.6 Å². The van der Waals surface area contributed by atoms with E-state index in [1.54, 1.807) is 0 Å². The second-order valence-corrected chi connectivity index (χ2v) is 8.33. The lowest BCUT2D eigenvalue weighted by Crippen LogP contribution is -2.67. The first-order valence-electron chi connectivity index (χ1n) is 9.20. The fourth-order valence-corrected chi connectivity index (χ4v) is 4.94. The van der Waals surface area contributed by atoms with Crippen LogP contribution in [0.3, 0.4) is 0 Å². The Morgan fingerprint density at radius 3 is 2.92 bits per heavy atom. The third kappa shape index (κ3) is 2.85. The molecule has 0 spiro atoms. The van der Waals surface area contributed by atoms with Gasteiger partial charge in [0.25, 0.3) is 0 Å². The van der Waals surface area contributed by atoms with Crippen LogP contribution in [0, 0.1) is 0 Å². The van der Waals surface area contributed by atoms with Gasteiger partial charge >= 0.3 is 0 Å². The number of aromatic nitrogens is 1. The van der Waals surface area contributed by atoms with Crippen LogP contribution >= 0.6 is 11.6 Å². The molecular formula is C20H25ClN2O2. The van der Waals surface area contributed by atoms with Gasteiger partial charge in [0.1, 0.15) is 0 Å². The van der Waals surface area contributed by atoms with Gasteiger partial charge in [0, 0.05) is 40.6 Å². The zero-order valence-corrected chi connectivity index (χ0v) is 15.5. The quantitative estimate of drug-likeness (QED) is 0.857. The van der Waals surface area contributed by atoms with Crippen molar-refractivity contribution in [2.24, 2.45) is 0 Å². The fourth-order valence-electron chi connectivity index (χ4n) is 4.77. The molecule has 2 aromatic rings. The molecule has 3 aliphatic rings. The standard InChI is InChI=1S/C20H25ClN2O2/c1-3-14-8-20(25)9-15(10-20)23(14)19(24)6-12(2)17-11-22-18-7-13(21)4-5-16(17)18/h4-5,7,11-12,14-15,22,25H,3,6,8-10H2,1-2H3. The molecule has 25 heavy (non-hydrogen) atoms. The van der Waals surface area contributed by atoms with E-state index < -0.39 is 5.60 Å². The van der Waals surface area contributed by atoms with Crippen molar-refractivity contribution in [2.75, 3.05) is 0 Å². The highest BCUT2D eigenvalue weighted by atomic mass is 35.5. The Morgan fingerprint density at radius 1 is 1.44 bits per heavy atom. The highest BCUT2D eigenvalue weighted by molar-refractivity contribution is 6.31. The molecule has 2 N–H and O–H groups in total. The Bertz CT molecular complexity index is 809. The van der Waals surface area contributed by atoms with Crippen molar-refractivity contribution in [3.05, 3.63) is 35.0 Å². The Hall–Kier alpha value is -1.52. The minimum absolute atomic E-state index is 0.140. The molecule has 1 aromatic heterocycles. The molecule has 1 aliphatic carbocycles. The predicted molar refractivity (Wildman–Crippen MR) is 99.9 cm³/mol. The molecule has 5 heteroatoms. The third-order valence-corrected chi connectivity index (χ3v) is 6.32. The van der Waals surface area contributed by atoms with Crippen LogP contribution in [0.25, 0.3) is 10.9 Å². The van der Waals surface area contributed by atoms with Crippen molar-refractivity contribution >= 4 is 28.4 Å². The number of piperidine rings is 2. The minimum Gasteiger partial charge on any atom is -0.390 e. The number of hydrogen-bond acceptors (Lipinski definition) is 2. The number of nitrogens with zero attached hydrogens (tertiary/aromatic N) is 1. The number of nitrogens with one attached hydrogen (secondary N) is 1. The minimum atomic E-state index is -0.510. The van der Waals surface area contributed by atoms with E-state index in [4.69, 9.17) is 11.6 Å². The molecule has 1 aromatic carbocycles. The molecule has 4 nitrogen and oxygen atoms in total. The molecule has 5 rings (SSSR count). The number of aliphatic hydroxyl groups is 1. The van der Waals surface area contributed by atoms with Gasteiger partial charge in [-0.05, 0) is 49.3 Å². The molecule has 2 aliphatic heterocycles. The second-order valence-electron chi connectivity index (χ2n) is 7.89. The fraction of sp³-hybridized carbons (Fsp3) is 0.550. The summed E-state index contributed by atoms with van der Waals surface area (Å²) in [6.45, 7) is 4.21. The molecule has 1 saturated carbocycles. The van der Waals surface area contributed by atoms with E-state index in [0.717, 1.165) is 42.1 Å². The van der Waals surface area contributed by atoms with E-state index in [1.807, 2.05) is 24.4 Å². The summed E-state index contributed by atoms with van der Waals surface area (Å²) >= 11 is 6.06. The van der Waals surface area contributed by atoms with E-state index in [-0.39, 0.29) is 23.9 Å². The summed E-state index contributed by atoms with van der Waals surface area (Å²) in [5.41, 5.74) is 1.66. The van der Waals surface area contributed by atoms with Gasteiger partial charge in [0.2, 0.25) is 5.91 Å². The molecular weight excluding hydrogens is 336 g/mol. The lowest BCUT2D eigenvalue weighted by molar-refractivity contribution is -0.178. The summed E-state index contributed by atoms with van der Waals surface area (Å²) in [5, 5.41) is 12.2. The van der Waals surface area contributed by atoms with E-state index in [0.29, 0.717) is 11.4 Å². The summed E-state index contributed by atoms with van der Waals surface area (Å²) < 4.78 is 0. The Balaban J connectivity index is 1.51. The van der Waals surface area contributed by atoms with Crippen LogP contribution in [0.5, 0.6) is 0 Å². The smallest absolute Gasteiger partial charge is 0.223 e. The number of rotatable bonds is 4. The summed E-state index contributed by atoms with van der Waals surface area (Å²) in [6.07, 6.45) is 5.62. The lowest BCUT2D eigenvalue weighted by atomic mass is 9.66. The van der Waals surface area contributed by atoms with Gasteiger partial charge in [-0.1, -0.05) is 31.5 Å². The Labute approximate surface area is 153 Å². The molecule has 3 heterocycles. The van der Waals surface area contributed by atoms with Crippen LogP contribution in [-0.2, 0) is 4.79 Å². The molecule has 134 valence electrons. The van der Waals surface area contributed by atoms with Crippen molar-refractivity contribution in [2.45, 2.75) is 69.6 Å². The van der Waals surface area contributed by atoms with Gasteiger partial charge in [-0.3, -0.25) is 4.79 Å². The van der Waals surface area contributed by atoms with Crippen molar-refractivity contribution < 1.29 is 9.90 Å². The van der Waals surface area contributed by atoms with Crippen molar-refractivity contribution in [1.29, 1.82) is 0 Å². The van der Waals surface area contributed by atoms with E-state index >= 15 is 0 Å². The first-order valence-corrected chi connectivity index (χ1v) is 9.58. The SMILES string of the molecule is CCC1CC2(O)CC(C2)N1C(=O)CC(C)c1c[nH]c2cc(Cl)ccc12. The van der Waals surface area contributed by atoms with Crippen LogP contribution in [0.2, 0.25) is 5.02 Å². The molecule has 3 fully saturated rings. The van der Waals surface area contributed by atoms with Crippen LogP contribution in [0.4, 0.5) is 0 Å². The molecule has 1 amide bonds. The van der Waals surface area contributed by atoms with Gasteiger partial charge in [-0.15, -0.1) is 0 Å². The van der Waals surface area contributed by atoms with E-state index in [2.05, 4.69) is 23.7 Å². The number of carbonyl (C=O) groups excluding carboxylic acids is 1. The average Bonchev–Trinajstić information content (AvgIpc) is 2.96. The maximum Gasteiger partial charge on any atom is 0.223 e. The van der Waals surface area contributed by atoms with Gasteiger partial charge in [-0.25, -0.2) is 0 Å². The molecule has 2 bridgehead atoms. The molecule has 2 saturated heterocycles. The van der Waals surface area contributed by atoms with Crippen LogP contribution < -0.4 is 0 Å². The number of carbonyl (C=O) groups is 1. The monoisotopic (exact) mass is 360 g/mol. The highest BCUT2D eigenvalue weighted by Gasteiger charge is 2.54. The largest absolute Gasteiger partial charge is 0.390 e. The third-order valence-electron chi connectivity index (χ3n) is 6.08. The summed E-state index contributed by atoms with van der Waals surface area (Å²) in [5.74, 6) is 0.357. The Kier molecular flexibility index (Phi) is 4.08. The second kappa shape index (κ2) is 6.03. The number of H-pyrrole nitrogens is 1. The van der Waals surface area contributed by atoms with Gasteiger partial charge in [-0.2, -0.15) is 0 Å². The number of benzene rings is 1. The van der Waals surface area contributed by atoms with Crippen LogP contribution in [0.15, 0.2) is 24.4 Å². The number of fused-ring (bicyclic) bond motifs is 3. The maximum atomic E-state index is 13.0. The highest BCUT2D eigenvalue weighted by Crippen LogP contribution is 2.47. The summed E-state index contributed by atoms with van der Waals surface area (Å²) in [6, 6.07) is 6.24. The van der Waals surface area contributed by atoms with Crippen molar-refractivity contribution in [3.63, 3.8) is 0 Å². The summed E-state index contributed by atoms with van der Waals surface area (Å²) in [4.78, 5) is 18.3. The van der Waals surface area contributed by atoms with Gasteiger partial charge in [0.05, 0.1) is 5.60 Å². The lowest BCUT2D eigenvalue weighted by Gasteiger charge is -2.58. The summed E-state index contributed by atoms with van der Waals surface area (Å²) in [7, 11) is 0. The number of amides is 1. The average molecular weight is 361 g/mol. The topological polar surface area (TPSA) is 56.3 Å². The number of halogens is 1. The predicted octanol–water partition coefficient (Wildman–Crippen LogP) is 4.22. The van der Waals surface area contributed by atoms with Crippen molar-refractivity contribution in [3.8, 4) is 0 Å². The normalized spacial score (nSPS) is 29.5. The van der Waals surface area contributed by atoms with Gasteiger partial charge < -0.3 is 15.0 Å².